The molecular weight excluding hydrogens is 116 g/mol. The van der Waals surface area contributed by atoms with Gasteiger partial charge in [0.1, 0.15) is 0 Å². The third-order valence-electron chi connectivity index (χ3n) is 0.757. The normalized spacial score (nSPS) is 10.0. The van der Waals surface area contributed by atoms with Crippen LogP contribution in [0.25, 0.3) is 0 Å². The highest BCUT2D eigenvalue weighted by atomic mass is 16.1. The number of hydrogen-bond donors (Lipinski definition) is 2. The number of carbonyl (C=O) groups excluding carboxylic acids is 1. The van der Waals surface area contributed by atoms with Gasteiger partial charge in [-0.1, -0.05) is 6.08 Å². The minimum atomic E-state index is -0.0631. The molecule has 1 amide bonds. The molecule has 0 aliphatic carbocycles. The van der Waals surface area contributed by atoms with E-state index >= 15 is 0 Å². The molecule has 0 aromatic heterocycles. The van der Waals surface area contributed by atoms with E-state index in [1.54, 1.807) is 20.0 Å². The maximum Gasteiger partial charge on any atom is 0.244 e. The number of allylic oxidation sites excluding steroid dienone is 1. The van der Waals surface area contributed by atoms with Crippen molar-refractivity contribution in [1.29, 1.82) is 0 Å². The standard InChI is InChI=1S/C6H12N2O/c1-3-4-6(9)8-5-7-2/h3-4,7H,5H2,1-2H3,(H,8,9)/b4-3+. The Hall–Kier alpha value is -0.830. The molecule has 0 aliphatic rings. The summed E-state index contributed by atoms with van der Waals surface area (Å²) in [6.45, 7) is 2.32. The first-order chi connectivity index (χ1) is 4.31. The fourth-order valence-electron chi connectivity index (χ4n) is 0.386. The summed E-state index contributed by atoms with van der Waals surface area (Å²) in [5.74, 6) is -0.0631. The van der Waals surface area contributed by atoms with Crippen LogP contribution in [0.4, 0.5) is 0 Å². The summed E-state index contributed by atoms with van der Waals surface area (Å²) in [6, 6.07) is 0. The Morgan fingerprint density at radius 3 is 2.78 bits per heavy atom. The fourth-order valence-corrected chi connectivity index (χ4v) is 0.386. The van der Waals surface area contributed by atoms with Crippen LogP contribution in [0, 0.1) is 0 Å². The Balaban J connectivity index is 3.27. The minimum absolute atomic E-state index is 0.0631. The summed E-state index contributed by atoms with van der Waals surface area (Å²) in [6.07, 6.45) is 3.18. The summed E-state index contributed by atoms with van der Waals surface area (Å²) in [5, 5.41) is 5.39. The van der Waals surface area contributed by atoms with Crippen molar-refractivity contribution in [1.82, 2.24) is 10.6 Å². The topological polar surface area (TPSA) is 41.1 Å². The van der Waals surface area contributed by atoms with Crippen LogP contribution in [0.2, 0.25) is 0 Å². The van der Waals surface area contributed by atoms with Crippen molar-refractivity contribution in [2.24, 2.45) is 0 Å². The highest BCUT2D eigenvalue weighted by Crippen LogP contribution is 1.68. The molecule has 0 fully saturated rings. The Morgan fingerprint density at radius 1 is 1.67 bits per heavy atom. The molecule has 0 unspecified atom stereocenters. The van der Waals surface area contributed by atoms with Crippen LogP contribution >= 0.6 is 0 Å². The SMILES string of the molecule is C/C=C/C(=O)NCNC. The molecule has 2 N–H and O–H groups in total. The van der Waals surface area contributed by atoms with Gasteiger partial charge in [-0.3, -0.25) is 4.79 Å². The van der Waals surface area contributed by atoms with Gasteiger partial charge in [0.2, 0.25) is 5.91 Å². The summed E-state index contributed by atoms with van der Waals surface area (Å²) in [4.78, 5) is 10.6. The van der Waals surface area contributed by atoms with Crippen LogP contribution in [0.3, 0.4) is 0 Å². The van der Waals surface area contributed by atoms with E-state index in [-0.39, 0.29) is 5.91 Å². The Morgan fingerprint density at radius 2 is 2.33 bits per heavy atom. The van der Waals surface area contributed by atoms with Crippen LogP contribution in [0.15, 0.2) is 12.2 Å². The van der Waals surface area contributed by atoms with Crippen molar-refractivity contribution in [2.45, 2.75) is 6.92 Å². The Bertz CT molecular complexity index is 110. The number of hydrogen-bond acceptors (Lipinski definition) is 2. The predicted octanol–water partition coefficient (Wildman–Crippen LogP) is -0.144. The molecule has 52 valence electrons. The lowest BCUT2D eigenvalue weighted by Crippen LogP contribution is -2.30. The second-order valence-electron chi connectivity index (χ2n) is 1.57. The van der Waals surface area contributed by atoms with Gasteiger partial charge in [-0.2, -0.15) is 0 Å². The summed E-state index contributed by atoms with van der Waals surface area (Å²) in [7, 11) is 1.77. The first kappa shape index (κ1) is 8.17. The number of nitrogens with one attached hydrogen (secondary N) is 2. The number of amides is 1. The van der Waals surface area contributed by atoms with Crippen LogP contribution < -0.4 is 10.6 Å². The van der Waals surface area contributed by atoms with Gasteiger partial charge in [-0.25, -0.2) is 0 Å². The van der Waals surface area contributed by atoms with Gasteiger partial charge < -0.3 is 10.6 Å². The van der Waals surface area contributed by atoms with Crippen molar-refractivity contribution in [3.8, 4) is 0 Å². The first-order valence-corrected chi connectivity index (χ1v) is 2.86. The lowest BCUT2D eigenvalue weighted by atomic mass is 10.5. The van der Waals surface area contributed by atoms with Crippen LogP contribution in [-0.2, 0) is 4.79 Å². The average Bonchev–Trinajstić information content (AvgIpc) is 1.85. The van der Waals surface area contributed by atoms with Gasteiger partial charge in [0.05, 0.1) is 6.67 Å². The van der Waals surface area contributed by atoms with Crippen LogP contribution in [-0.4, -0.2) is 19.6 Å². The van der Waals surface area contributed by atoms with Gasteiger partial charge in [-0.05, 0) is 20.0 Å². The van der Waals surface area contributed by atoms with E-state index in [1.807, 2.05) is 0 Å². The third-order valence-corrected chi connectivity index (χ3v) is 0.757. The van der Waals surface area contributed by atoms with Crippen molar-refractivity contribution in [2.75, 3.05) is 13.7 Å². The van der Waals surface area contributed by atoms with Gasteiger partial charge in [0.25, 0.3) is 0 Å². The van der Waals surface area contributed by atoms with Crippen molar-refractivity contribution in [3.63, 3.8) is 0 Å². The highest BCUT2D eigenvalue weighted by molar-refractivity contribution is 5.87. The molecule has 0 atom stereocenters. The molecule has 0 heterocycles. The molecule has 0 aromatic rings. The zero-order valence-corrected chi connectivity index (χ0v) is 5.77. The van der Waals surface area contributed by atoms with Crippen molar-refractivity contribution >= 4 is 5.91 Å². The summed E-state index contributed by atoms with van der Waals surface area (Å²) in [5.41, 5.74) is 0. The van der Waals surface area contributed by atoms with Crippen molar-refractivity contribution < 1.29 is 4.79 Å². The van der Waals surface area contributed by atoms with Gasteiger partial charge in [0, 0.05) is 0 Å². The molecule has 0 bridgehead atoms. The second-order valence-corrected chi connectivity index (χ2v) is 1.57. The second kappa shape index (κ2) is 5.31. The largest absolute Gasteiger partial charge is 0.340 e. The molecular formula is C6H12N2O. The first-order valence-electron chi connectivity index (χ1n) is 2.86. The quantitative estimate of drug-likeness (QED) is 0.410. The van der Waals surface area contributed by atoms with E-state index in [4.69, 9.17) is 0 Å². The number of rotatable bonds is 3. The maximum atomic E-state index is 10.6. The van der Waals surface area contributed by atoms with E-state index in [9.17, 15) is 4.79 Å². The third kappa shape index (κ3) is 5.03. The zero-order valence-electron chi connectivity index (χ0n) is 5.77. The minimum Gasteiger partial charge on any atom is -0.340 e. The van der Waals surface area contributed by atoms with E-state index in [0.717, 1.165) is 0 Å². The van der Waals surface area contributed by atoms with Crippen LogP contribution in [0.5, 0.6) is 0 Å². The molecule has 0 saturated carbocycles. The summed E-state index contributed by atoms with van der Waals surface area (Å²) < 4.78 is 0. The lowest BCUT2D eigenvalue weighted by molar-refractivity contribution is -0.116. The van der Waals surface area contributed by atoms with E-state index in [2.05, 4.69) is 10.6 Å². The molecule has 0 spiro atoms. The van der Waals surface area contributed by atoms with E-state index in [0.29, 0.717) is 6.67 Å². The summed E-state index contributed by atoms with van der Waals surface area (Å²) >= 11 is 0. The van der Waals surface area contributed by atoms with Gasteiger partial charge >= 0.3 is 0 Å². The molecule has 0 saturated heterocycles. The maximum absolute atomic E-state index is 10.6. The van der Waals surface area contributed by atoms with Gasteiger partial charge in [0.15, 0.2) is 0 Å². The average molecular weight is 128 g/mol. The molecule has 0 aliphatic heterocycles. The monoisotopic (exact) mass is 128 g/mol. The molecule has 9 heavy (non-hydrogen) atoms. The van der Waals surface area contributed by atoms with Gasteiger partial charge in [-0.15, -0.1) is 0 Å². The van der Waals surface area contributed by atoms with Crippen LogP contribution in [0.1, 0.15) is 6.92 Å². The Labute approximate surface area is 55.1 Å². The smallest absolute Gasteiger partial charge is 0.244 e. The molecule has 0 aromatic carbocycles. The number of carbonyl (C=O) groups is 1. The fraction of sp³-hybridized carbons (Fsp3) is 0.500. The zero-order chi connectivity index (χ0) is 7.11. The predicted molar refractivity (Wildman–Crippen MR) is 36.9 cm³/mol. The molecule has 3 heteroatoms. The molecule has 0 radical (unpaired) electrons. The molecule has 3 nitrogen and oxygen atoms in total. The lowest BCUT2D eigenvalue weighted by Gasteiger charge is -1.97. The van der Waals surface area contributed by atoms with Crippen molar-refractivity contribution in [3.05, 3.63) is 12.2 Å². The molecule has 0 rings (SSSR count). The Kier molecular flexibility index (Phi) is 4.82. The van der Waals surface area contributed by atoms with E-state index in [1.165, 1.54) is 6.08 Å². The van der Waals surface area contributed by atoms with E-state index < -0.39 is 0 Å². The highest BCUT2D eigenvalue weighted by Gasteiger charge is 1.87.